The summed E-state index contributed by atoms with van der Waals surface area (Å²) < 4.78 is 32.8. The molecule has 0 unspecified atom stereocenters. The van der Waals surface area contributed by atoms with Gasteiger partial charge in [0, 0.05) is 13.6 Å². The molecule has 1 aliphatic rings. The van der Waals surface area contributed by atoms with E-state index in [1.807, 2.05) is 37.3 Å². The highest BCUT2D eigenvalue weighted by atomic mass is 32.2. The molecule has 3 aromatic rings. The first-order valence-corrected chi connectivity index (χ1v) is 12.6. The molecule has 2 amide bonds. The van der Waals surface area contributed by atoms with E-state index in [0.717, 1.165) is 15.4 Å². The SMILES string of the molecule is Cc1ccc(S(=O)(=O)N(C)CC(=O)N2C[C@@H](C(=O)NCc3ccccc3)Oc3ccccc32)cc1. The molecule has 182 valence electrons. The summed E-state index contributed by atoms with van der Waals surface area (Å²) in [6.07, 6.45) is -0.934. The predicted octanol–water partition coefficient (Wildman–Crippen LogP) is 2.73. The molecule has 0 saturated heterocycles. The Labute approximate surface area is 205 Å². The highest BCUT2D eigenvalue weighted by Crippen LogP contribution is 2.33. The Morgan fingerprint density at radius 1 is 1.00 bits per heavy atom. The summed E-state index contributed by atoms with van der Waals surface area (Å²) in [5, 5.41) is 2.84. The van der Waals surface area contributed by atoms with Crippen LogP contribution < -0.4 is 15.0 Å². The molecule has 0 fully saturated rings. The zero-order valence-corrected chi connectivity index (χ0v) is 20.4. The number of rotatable bonds is 7. The monoisotopic (exact) mass is 493 g/mol. The van der Waals surface area contributed by atoms with Crippen molar-refractivity contribution in [1.82, 2.24) is 9.62 Å². The Balaban J connectivity index is 1.49. The van der Waals surface area contributed by atoms with Gasteiger partial charge in [-0.15, -0.1) is 0 Å². The van der Waals surface area contributed by atoms with Crippen molar-refractivity contribution in [2.24, 2.45) is 0 Å². The van der Waals surface area contributed by atoms with Gasteiger partial charge in [0.25, 0.3) is 5.91 Å². The fraction of sp³-hybridized carbons (Fsp3) is 0.231. The molecule has 1 heterocycles. The molecule has 3 aromatic carbocycles. The van der Waals surface area contributed by atoms with Crippen molar-refractivity contribution in [3.8, 4) is 5.75 Å². The molecule has 9 heteroatoms. The minimum atomic E-state index is -3.86. The molecule has 1 aliphatic heterocycles. The lowest BCUT2D eigenvalue weighted by molar-refractivity contribution is -0.128. The molecule has 1 atom stereocenters. The number of likely N-dealkylation sites (N-methyl/N-ethyl adjacent to an activating group) is 1. The number of benzene rings is 3. The molecule has 0 aliphatic carbocycles. The second-order valence-electron chi connectivity index (χ2n) is 8.36. The molecule has 8 nitrogen and oxygen atoms in total. The number of para-hydroxylation sites is 2. The number of aryl methyl sites for hydroxylation is 1. The fourth-order valence-electron chi connectivity index (χ4n) is 3.76. The first-order chi connectivity index (χ1) is 16.8. The van der Waals surface area contributed by atoms with E-state index in [9.17, 15) is 18.0 Å². The zero-order valence-electron chi connectivity index (χ0n) is 19.5. The van der Waals surface area contributed by atoms with Gasteiger partial charge >= 0.3 is 0 Å². The van der Waals surface area contributed by atoms with E-state index in [1.165, 1.54) is 24.1 Å². The van der Waals surface area contributed by atoms with Gasteiger partial charge in [-0.05, 0) is 36.8 Å². The number of nitrogens with one attached hydrogen (secondary N) is 1. The van der Waals surface area contributed by atoms with Crippen LogP contribution in [0.5, 0.6) is 5.75 Å². The number of carbonyl (C=O) groups excluding carboxylic acids is 2. The lowest BCUT2D eigenvalue weighted by Gasteiger charge is -2.35. The van der Waals surface area contributed by atoms with Gasteiger partial charge in [0.05, 0.1) is 23.7 Å². The molecule has 4 rings (SSSR count). The second kappa shape index (κ2) is 10.3. The largest absolute Gasteiger partial charge is 0.477 e. The van der Waals surface area contributed by atoms with E-state index < -0.39 is 22.0 Å². The molecule has 35 heavy (non-hydrogen) atoms. The van der Waals surface area contributed by atoms with Gasteiger partial charge in [-0.2, -0.15) is 4.31 Å². The molecule has 1 N–H and O–H groups in total. The summed E-state index contributed by atoms with van der Waals surface area (Å²) in [5.74, 6) is -0.433. The van der Waals surface area contributed by atoms with Crippen molar-refractivity contribution in [3.63, 3.8) is 0 Å². The number of fused-ring (bicyclic) bond motifs is 1. The number of hydrogen-bond acceptors (Lipinski definition) is 5. The summed E-state index contributed by atoms with van der Waals surface area (Å²) in [6, 6.07) is 22.8. The van der Waals surface area contributed by atoms with Crippen LogP contribution >= 0.6 is 0 Å². The average molecular weight is 494 g/mol. The van der Waals surface area contributed by atoms with Crippen LogP contribution in [0.1, 0.15) is 11.1 Å². The van der Waals surface area contributed by atoms with E-state index in [2.05, 4.69) is 5.32 Å². The molecule has 0 spiro atoms. The second-order valence-corrected chi connectivity index (χ2v) is 10.4. The Hall–Kier alpha value is -3.69. The first kappa shape index (κ1) is 24.4. The first-order valence-electron chi connectivity index (χ1n) is 11.2. The van der Waals surface area contributed by atoms with Crippen LogP contribution in [0, 0.1) is 6.92 Å². The summed E-state index contributed by atoms with van der Waals surface area (Å²) in [6.45, 7) is 1.77. The maximum atomic E-state index is 13.3. The van der Waals surface area contributed by atoms with E-state index in [4.69, 9.17) is 4.74 Å². The van der Waals surface area contributed by atoms with Crippen LogP contribution in [0.3, 0.4) is 0 Å². The number of nitrogens with zero attached hydrogens (tertiary/aromatic N) is 2. The van der Waals surface area contributed by atoms with Gasteiger partial charge in [0.1, 0.15) is 5.75 Å². The van der Waals surface area contributed by atoms with E-state index >= 15 is 0 Å². The summed E-state index contributed by atoms with van der Waals surface area (Å²) >= 11 is 0. The van der Waals surface area contributed by atoms with Crippen molar-refractivity contribution in [3.05, 3.63) is 90.0 Å². The Kier molecular flexibility index (Phi) is 7.18. The Morgan fingerprint density at radius 3 is 2.37 bits per heavy atom. The van der Waals surface area contributed by atoms with Crippen molar-refractivity contribution < 1.29 is 22.7 Å². The lowest BCUT2D eigenvalue weighted by atomic mass is 10.1. The Bertz CT molecular complexity index is 1310. The molecular formula is C26H27N3O5S. The highest BCUT2D eigenvalue weighted by Gasteiger charge is 2.35. The summed E-state index contributed by atoms with van der Waals surface area (Å²) in [5.41, 5.74) is 2.36. The van der Waals surface area contributed by atoms with Gasteiger partial charge in [-0.3, -0.25) is 9.59 Å². The normalized spacial score (nSPS) is 15.3. The highest BCUT2D eigenvalue weighted by molar-refractivity contribution is 7.89. The van der Waals surface area contributed by atoms with Crippen LogP contribution in [0.4, 0.5) is 5.69 Å². The van der Waals surface area contributed by atoms with E-state index in [0.29, 0.717) is 18.0 Å². The lowest BCUT2D eigenvalue weighted by Crippen LogP contribution is -2.52. The topological polar surface area (TPSA) is 96.0 Å². The average Bonchev–Trinajstić information content (AvgIpc) is 2.87. The van der Waals surface area contributed by atoms with Crippen molar-refractivity contribution in [2.45, 2.75) is 24.5 Å². The number of anilines is 1. The van der Waals surface area contributed by atoms with Crippen molar-refractivity contribution in [2.75, 3.05) is 25.0 Å². The molecule has 0 aromatic heterocycles. The minimum Gasteiger partial charge on any atom is -0.477 e. The van der Waals surface area contributed by atoms with Gasteiger partial charge in [-0.1, -0.05) is 60.2 Å². The molecule has 0 bridgehead atoms. The number of sulfonamides is 1. The van der Waals surface area contributed by atoms with Gasteiger partial charge in [0.15, 0.2) is 6.10 Å². The van der Waals surface area contributed by atoms with Gasteiger partial charge in [0.2, 0.25) is 15.9 Å². The van der Waals surface area contributed by atoms with Crippen LogP contribution in [0.2, 0.25) is 0 Å². The number of hydrogen-bond donors (Lipinski definition) is 1. The number of amides is 2. The van der Waals surface area contributed by atoms with Crippen LogP contribution in [-0.2, 0) is 26.2 Å². The standard InChI is InChI=1S/C26H27N3O5S/c1-19-12-14-21(15-13-19)35(32,33)28(2)18-25(30)29-17-24(34-23-11-7-6-10-22(23)29)26(31)27-16-20-8-4-3-5-9-20/h3-15,24H,16-18H2,1-2H3,(H,27,31)/t24-/m0/s1. The van der Waals surface area contributed by atoms with Gasteiger partial charge < -0.3 is 15.0 Å². The summed E-state index contributed by atoms with van der Waals surface area (Å²) in [4.78, 5) is 27.7. The summed E-state index contributed by atoms with van der Waals surface area (Å²) in [7, 11) is -2.50. The van der Waals surface area contributed by atoms with Gasteiger partial charge in [-0.25, -0.2) is 8.42 Å². The zero-order chi connectivity index (χ0) is 25.0. The molecule has 0 saturated carbocycles. The number of ether oxygens (including phenoxy) is 1. The molecule has 0 radical (unpaired) electrons. The van der Waals surface area contributed by atoms with Crippen LogP contribution in [-0.4, -0.2) is 50.8 Å². The third kappa shape index (κ3) is 5.52. The van der Waals surface area contributed by atoms with E-state index in [-0.39, 0.29) is 23.9 Å². The quantitative estimate of drug-likeness (QED) is 0.546. The van der Waals surface area contributed by atoms with Crippen molar-refractivity contribution in [1.29, 1.82) is 0 Å². The third-order valence-corrected chi connectivity index (χ3v) is 7.58. The maximum Gasteiger partial charge on any atom is 0.263 e. The van der Waals surface area contributed by atoms with Crippen molar-refractivity contribution >= 4 is 27.5 Å². The fourth-order valence-corrected chi connectivity index (χ4v) is 4.88. The van der Waals surface area contributed by atoms with E-state index in [1.54, 1.807) is 36.4 Å². The number of carbonyl (C=O) groups is 2. The maximum absolute atomic E-state index is 13.3. The third-order valence-electron chi connectivity index (χ3n) is 5.76. The molecular weight excluding hydrogens is 466 g/mol. The van der Waals surface area contributed by atoms with Crippen LogP contribution in [0.15, 0.2) is 83.8 Å². The van der Waals surface area contributed by atoms with Crippen LogP contribution in [0.25, 0.3) is 0 Å². The smallest absolute Gasteiger partial charge is 0.263 e. The minimum absolute atomic E-state index is 0.0328. The Morgan fingerprint density at radius 2 is 1.66 bits per heavy atom. The predicted molar refractivity (Wildman–Crippen MR) is 132 cm³/mol.